The van der Waals surface area contributed by atoms with E-state index >= 15 is 0 Å². The highest BCUT2D eigenvalue weighted by Crippen LogP contribution is 2.14. The molecule has 2 unspecified atom stereocenters. The van der Waals surface area contributed by atoms with Crippen LogP contribution in [0.25, 0.3) is 0 Å². The average molecular weight is 209 g/mol. The van der Waals surface area contributed by atoms with Crippen LogP contribution in [-0.4, -0.2) is 35.3 Å². The molecule has 0 aliphatic carbocycles. The van der Waals surface area contributed by atoms with Gasteiger partial charge in [0, 0.05) is 25.4 Å². The summed E-state index contributed by atoms with van der Waals surface area (Å²) < 4.78 is 5.61. The number of nitrogens with zero attached hydrogens (tertiary/aromatic N) is 2. The molecule has 2 heterocycles. The van der Waals surface area contributed by atoms with Crippen molar-refractivity contribution >= 4 is 5.95 Å². The quantitative estimate of drug-likeness (QED) is 0.726. The van der Waals surface area contributed by atoms with E-state index in [2.05, 4.69) is 9.97 Å². The Kier molecular flexibility index (Phi) is 2.73. The fraction of sp³-hybridized carbons (Fsp3) is 0.600. The van der Waals surface area contributed by atoms with Crippen molar-refractivity contribution in [2.24, 2.45) is 0 Å². The van der Waals surface area contributed by atoms with Crippen molar-refractivity contribution in [3.63, 3.8) is 0 Å². The van der Waals surface area contributed by atoms with E-state index in [1.807, 2.05) is 18.7 Å². The third-order valence-electron chi connectivity index (χ3n) is 2.38. The molecule has 0 bridgehead atoms. The lowest BCUT2D eigenvalue weighted by molar-refractivity contribution is -0.00573. The Morgan fingerprint density at radius 3 is 2.73 bits per heavy atom. The first-order valence-electron chi connectivity index (χ1n) is 5.11. The van der Waals surface area contributed by atoms with Crippen molar-refractivity contribution in [2.45, 2.75) is 26.1 Å². The molecule has 0 aromatic carbocycles. The number of hydrogen-bond acceptors (Lipinski definition) is 4. The summed E-state index contributed by atoms with van der Waals surface area (Å²) in [7, 11) is 0. The number of ether oxygens (including phenoxy) is 1. The second-order valence-electron chi connectivity index (χ2n) is 3.92. The van der Waals surface area contributed by atoms with Crippen LogP contribution >= 0.6 is 0 Å². The van der Waals surface area contributed by atoms with Crippen molar-refractivity contribution in [3.05, 3.63) is 22.6 Å². The number of anilines is 1. The average Bonchev–Trinajstić information content (AvgIpc) is 2.16. The van der Waals surface area contributed by atoms with Crippen LogP contribution < -0.4 is 10.5 Å². The van der Waals surface area contributed by atoms with Gasteiger partial charge in [-0.1, -0.05) is 0 Å². The first kappa shape index (κ1) is 10.2. The summed E-state index contributed by atoms with van der Waals surface area (Å²) in [6.45, 7) is 5.56. The highest BCUT2D eigenvalue weighted by Gasteiger charge is 2.23. The molecule has 1 aromatic rings. The first-order valence-corrected chi connectivity index (χ1v) is 5.11. The second-order valence-corrected chi connectivity index (χ2v) is 3.92. The minimum Gasteiger partial charge on any atom is -0.372 e. The van der Waals surface area contributed by atoms with Gasteiger partial charge in [0.05, 0.1) is 12.2 Å². The first-order chi connectivity index (χ1) is 7.15. The largest absolute Gasteiger partial charge is 0.372 e. The summed E-state index contributed by atoms with van der Waals surface area (Å²) in [6, 6.07) is 1.41. The Bertz CT molecular complexity index is 380. The molecule has 15 heavy (non-hydrogen) atoms. The Morgan fingerprint density at radius 2 is 2.13 bits per heavy atom. The maximum atomic E-state index is 11.1. The number of H-pyrrole nitrogens is 1. The summed E-state index contributed by atoms with van der Waals surface area (Å²) in [5.74, 6) is 0.629. The maximum Gasteiger partial charge on any atom is 0.252 e. The van der Waals surface area contributed by atoms with E-state index in [1.165, 1.54) is 12.3 Å². The summed E-state index contributed by atoms with van der Waals surface area (Å²) in [6.07, 6.45) is 1.86. The SMILES string of the molecule is CC1CN(c2nccc(=O)[nH]2)CC(C)O1. The maximum absolute atomic E-state index is 11.1. The second kappa shape index (κ2) is 4.02. The standard InChI is InChI=1S/C10H15N3O2/c1-7-5-13(6-8(2)15-7)10-11-4-3-9(14)12-10/h3-4,7-8H,5-6H2,1-2H3,(H,11,12,14). The zero-order valence-corrected chi connectivity index (χ0v) is 8.93. The van der Waals surface area contributed by atoms with Gasteiger partial charge >= 0.3 is 0 Å². The van der Waals surface area contributed by atoms with Gasteiger partial charge < -0.3 is 9.64 Å². The van der Waals surface area contributed by atoms with Gasteiger partial charge in [-0.25, -0.2) is 4.98 Å². The summed E-state index contributed by atoms with van der Waals surface area (Å²) in [4.78, 5) is 20.1. The molecule has 2 rings (SSSR count). The monoisotopic (exact) mass is 209 g/mol. The summed E-state index contributed by atoms with van der Waals surface area (Å²) in [5.41, 5.74) is -0.119. The smallest absolute Gasteiger partial charge is 0.252 e. The minimum atomic E-state index is -0.119. The van der Waals surface area contributed by atoms with Crippen LogP contribution in [0.3, 0.4) is 0 Å². The van der Waals surface area contributed by atoms with E-state index in [0.717, 1.165) is 13.1 Å². The number of nitrogens with one attached hydrogen (secondary N) is 1. The van der Waals surface area contributed by atoms with Crippen LogP contribution in [0.15, 0.2) is 17.1 Å². The molecule has 82 valence electrons. The number of aromatic nitrogens is 2. The van der Waals surface area contributed by atoms with E-state index in [9.17, 15) is 4.79 Å². The van der Waals surface area contributed by atoms with Gasteiger partial charge in [-0.3, -0.25) is 9.78 Å². The van der Waals surface area contributed by atoms with Crippen molar-refractivity contribution in [2.75, 3.05) is 18.0 Å². The molecular weight excluding hydrogens is 194 g/mol. The number of aromatic amines is 1. The molecule has 1 aliphatic heterocycles. The molecule has 0 spiro atoms. The van der Waals surface area contributed by atoms with Crippen molar-refractivity contribution in [1.29, 1.82) is 0 Å². The van der Waals surface area contributed by atoms with Gasteiger partial charge in [0.15, 0.2) is 0 Å². The van der Waals surface area contributed by atoms with Crippen molar-refractivity contribution in [3.8, 4) is 0 Å². The van der Waals surface area contributed by atoms with E-state index in [1.54, 1.807) is 0 Å². The fourth-order valence-electron chi connectivity index (χ4n) is 1.87. The lowest BCUT2D eigenvalue weighted by Gasteiger charge is -2.35. The predicted octanol–water partition coefficient (Wildman–Crippen LogP) is 0.383. The van der Waals surface area contributed by atoms with Crippen molar-refractivity contribution < 1.29 is 4.74 Å². The molecule has 1 fully saturated rings. The van der Waals surface area contributed by atoms with Crippen LogP contribution in [0, 0.1) is 0 Å². The summed E-state index contributed by atoms with van der Waals surface area (Å²) >= 11 is 0. The van der Waals surface area contributed by atoms with Crippen LogP contribution in [0.1, 0.15) is 13.8 Å². The van der Waals surface area contributed by atoms with Gasteiger partial charge in [0.2, 0.25) is 5.95 Å². The Hall–Kier alpha value is -1.36. The molecule has 1 aliphatic rings. The molecule has 0 amide bonds. The molecular formula is C10H15N3O2. The van der Waals surface area contributed by atoms with Crippen LogP contribution in [0.2, 0.25) is 0 Å². The zero-order chi connectivity index (χ0) is 10.8. The molecule has 2 atom stereocenters. The molecule has 5 heteroatoms. The minimum absolute atomic E-state index is 0.119. The highest BCUT2D eigenvalue weighted by atomic mass is 16.5. The molecule has 5 nitrogen and oxygen atoms in total. The lowest BCUT2D eigenvalue weighted by Crippen LogP contribution is -2.46. The van der Waals surface area contributed by atoms with Gasteiger partial charge in [0.1, 0.15) is 0 Å². The molecule has 0 saturated carbocycles. The van der Waals surface area contributed by atoms with E-state index in [0.29, 0.717) is 5.95 Å². The van der Waals surface area contributed by atoms with E-state index < -0.39 is 0 Å². The number of morpholine rings is 1. The molecule has 1 N–H and O–H groups in total. The Morgan fingerprint density at radius 1 is 1.47 bits per heavy atom. The van der Waals surface area contributed by atoms with Gasteiger partial charge in [-0.05, 0) is 13.8 Å². The lowest BCUT2D eigenvalue weighted by atomic mass is 10.2. The van der Waals surface area contributed by atoms with Gasteiger partial charge in [-0.2, -0.15) is 0 Å². The zero-order valence-electron chi connectivity index (χ0n) is 8.93. The third-order valence-corrected chi connectivity index (χ3v) is 2.38. The summed E-state index contributed by atoms with van der Waals surface area (Å²) in [5, 5.41) is 0. The Balaban J connectivity index is 2.19. The topological polar surface area (TPSA) is 58.2 Å². The van der Waals surface area contributed by atoms with E-state index in [4.69, 9.17) is 4.74 Å². The predicted molar refractivity (Wildman–Crippen MR) is 57.1 cm³/mol. The van der Waals surface area contributed by atoms with E-state index in [-0.39, 0.29) is 17.8 Å². The fourth-order valence-corrected chi connectivity index (χ4v) is 1.87. The van der Waals surface area contributed by atoms with Gasteiger partial charge in [0.25, 0.3) is 5.56 Å². The van der Waals surface area contributed by atoms with Crippen LogP contribution in [0.4, 0.5) is 5.95 Å². The van der Waals surface area contributed by atoms with Crippen LogP contribution in [0.5, 0.6) is 0 Å². The van der Waals surface area contributed by atoms with Gasteiger partial charge in [-0.15, -0.1) is 0 Å². The molecule has 1 saturated heterocycles. The third kappa shape index (κ3) is 2.36. The van der Waals surface area contributed by atoms with Crippen molar-refractivity contribution in [1.82, 2.24) is 9.97 Å². The molecule has 0 radical (unpaired) electrons. The highest BCUT2D eigenvalue weighted by molar-refractivity contribution is 5.29. The molecule has 1 aromatic heterocycles. The number of rotatable bonds is 1. The van der Waals surface area contributed by atoms with Crippen LogP contribution in [-0.2, 0) is 4.74 Å². The number of hydrogen-bond donors (Lipinski definition) is 1. The normalized spacial score (nSPS) is 26.7. The Labute approximate surface area is 88.1 Å².